The second-order valence-corrected chi connectivity index (χ2v) is 8.95. The zero-order valence-corrected chi connectivity index (χ0v) is 20.3. The van der Waals surface area contributed by atoms with Gasteiger partial charge >= 0.3 is 5.97 Å². The fourth-order valence-corrected chi connectivity index (χ4v) is 3.75. The number of Topliss-reactive ketones (excluding diaryl/α,β-unsaturated/α-hetero) is 1. The predicted molar refractivity (Wildman–Crippen MR) is 125 cm³/mol. The van der Waals surface area contributed by atoms with Crippen molar-refractivity contribution in [2.45, 2.75) is 141 Å². The molecule has 0 aliphatic carbocycles. The molecular formula is C25H48O7. The minimum atomic E-state index is -1.79. The molecule has 0 aromatic rings. The molecule has 0 saturated heterocycles. The van der Waals surface area contributed by atoms with Crippen LogP contribution in [0, 0.1) is 0 Å². The van der Waals surface area contributed by atoms with E-state index in [1.807, 2.05) is 0 Å². The zero-order valence-electron chi connectivity index (χ0n) is 20.3. The molecule has 0 radical (unpaired) electrons. The van der Waals surface area contributed by atoms with Gasteiger partial charge in [-0.25, -0.2) is 0 Å². The summed E-state index contributed by atoms with van der Waals surface area (Å²) in [6.07, 6.45) is 11.7. The lowest BCUT2D eigenvalue weighted by molar-refractivity contribution is -0.172. The van der Waals surface area contributed by atoms with E-state index in [0.29, 0.717) is 6.42 Å². The normalized spacial score (nSPS) is 15.2. The second-order valence-electron chi connectivity index (χ2n) is 8.95. The topological polar surface area (TPSA) is 124 Å². The van der Waals surface area contributed by atoms with Crippen molar-refractivity contribution in [1.82, 2.24) is 0 Å². The van der Waals surface area contributed by atoms with E-state index < -0.39 is 42.8 Å². The van der Waals surface area contributed by atoms with Crippen molar-refractivity contribution in [3.63, 3.8) is 0 Å². The second kappa shape index (κ2) is 20.6. The maximum atomic E-state index is 12.0. The van der Waals surface area contributed by atoms with Gasteiger partial charge < -0.3 is 25.2 Å². The summed E-state index contributed by atoms with van der Waals surface area (Å²) in [6, 6.07) is 0. The molecule has 0 bridgehead atoms. The first-order valence-electron chi connectivity index (χ1n) is 12.7. The van der Waals surface area contributed by atoms with Crippen LogP contribution in [-0.4, -0.2) is 63.2 Å². The summed E-state index contributed by atoms with van der Waals surface area (Å²) in [4.78, 5) is 23.6. The van der Waals surface area contributed by atoms with Gasteiger partial charge in [-0.1, -0.05) is 96.8 Å². The Morgan fingerprint density at radius 2 is 1.09 bits per heavy atom. The maximum absolute atomic E-state index is 12.0. The van der Waals surface area contributed by atoms with Crippen LogP contribution >= 0.6 is 0 Å². The summed E-state index contributed by atoms with van der Waals surface area (Å²) < 4.78 is 5.02. The lowest BCUT2D eigenvalue weighted by Crippen LogP contribution is -2.49. The van der Waals surface area contributed by atoms with E-state index in [1.54, 1.807) is 0 Å². The molecule has 32 heavy (non-hydrogen) atoms. The van der Waals surface area contributed by atoms with E-state index >= 15 is 0 Å². The molecule has 0 heterocycles. The van der Waals surface area contributed by atoms with Crippen molar-refractivity contribution >= 4 is 11.8 Å². The Bertz CT molecular complexity index is 469. The van der Waals surface area contributed by atoms with Gasteiger partial charge in [0.2, 0.25) is 0 Å². The molecule has 0 saturated carbocycles. The highest BCUT2D eigenvalue weighted by atomic mass is 16.6. The highest BCUT2D eigenvalue weighted by molar-refractivity contribution is 5.84. The number of carbonyl (C=O) groups is 2. The van der Waals surface area contributed by atoms with Crippen molar-refractivity contribution in [2.75, 3.05) is 6.61 Å². The van der Waals surface area contributed by atoms with Gasteiger partial charge in [0.15, 0.2) is 11.9 Å². The molecule has 4 unspecified atom stereocenters. The Balaban J connectivity index is 3.74. The molecule has 7 nitrogen and oxygen atoms in total. The van der Waals surface area contributed by atoms with Crippen molar-refractivity contribution in [1.29, 1.82) is 0 Å². The van der Waals surface area contributed by atoms with E-state index in [4.69, 9.17) is 9.84 Å². The minimum Gasteiger partial charge on any atom is -0.451 e. The summed E-state index contributed by atoms with van der Waals surface area (Å²) in [5.74, 6) is -1.25. The van der Waals surface area contributed by atoms with Crippen molar-refractivity contribution < 1.29 is 34.8 Å². The number of carbonyl (C=O) groups excluding carboxylic acids is 2. The van der Waals surface area contributed by atoms with Gasteiger partial charge in [0, 0.05) is 6.42 Å². The number of rotatable bonds is 22. The molecule has 0 aliphatic rings. The molecule has 4 atom stereocenters. The number of ether oxygens (including phenoxy) is 1. The lowest BCUT2D eigenvalue weighted by Gasteiger charge is -2.27. The molecule has 0 rings (SSSR count). The number of esters is 1. The highest BCUT2D eigenvalue weighted by Gasteiger charge is 2.36. The van der Waals surface area contributed by atoms with Gasteiger partial charge in [-0.05, 0) is 13.3 Å². The third kappa shape index (κ3) is 15.7. The Morgan fingerprint density at radius 1 is 0.688 bits per heavy atom. The average Bonchev–Trinajstić information content (AvgIpc) is 2.78. The van der Waals surface area contributed by atoms with Crippen LogP contribution in [0.25, 0.3) is 0 Å². The molecule has 0 aliphatic heterocycles. The standard InChI is InChI=1S/C25H48O7/c1-3-4-5-6-7-8-9-10-11-12-13-14-15-16-17-18-22(29)32-25(20(2)27)24(31)23(30)21(28)19-26/h21,23-26,28,30-31H,3-19H2,1-2H3. The van der Waals surface area contributed by atoms with E-state index in [1.165, 1.54) is 70.6 Å². The average molecular weight is 461 g/mol. The summed E-state index contributed by atoms with van der Waals surface area (Å²) in [7, 11) is 0. The minimum absolute atomic E-state index is 0.132. The Hall–Kier alpha value is -1.02. The van der Waals surface area contributed by atoms with Crippen LogP contribution in [0.1, 0.15) is 117 Å². The van der Waals surface area contributed by atoms with Gasteiger partial charge in [0.05, 0.1) is 6.61 Å². The number of hydrogen-bond donors (Lipinski definition) is 4. The summed E-state index contributed by atoms with van der Waals surface area (Å²) in [5, 5.41) is 38.0. The van der Waals surface area contributed by atoms with Crippen LogP contribution in [0.15, 0.2) is 0 Å². The third-order valence-electron chi connectivity index (χ3n) is 5.88. The number of aliphatic hydroxyl groups is 4. The largest absolute Gasteiger partial charge is 0.451 e. The molecule has 7 heteroatoms. The molecule has 190 valence electrons. The smallest absolute Gasteiger partial charge is 0.306 e. The number of unbranched alkanes of at least 4 members (excludes halogenated alkanes) is 14. The van der Waals surface area contributed by atoms with Gasteiger partial charge in [0.1, 0.15) is 18.3 Å². The van der Waals surface area contributed by atoms with E-state index in [9.17, 15) is 24.9 Å². The third-order valence-corrected chi connectivity index (χ3v) is 5.88. The molecule has 0 spiro atoms. The van der Waals surface area contributed by atoms with Gasteiger partial charge in [0.25, 0.3) is 0 Å². The quantitative estimate of drug-likeness (QED) is 0.143. The van der Waals surface area contributed by atoms with Crippen molar-refractivity contribution in [3.05, 3.63) is 0 Å². The van der Waals surface area contributed by atoms with E-state index in [-0.39, 0.29) is 6.42 Å². The highest BCUT2D eigenvalue weighted by Crippen LogP contribution is 2.15. The fourth-order valence-electron chi connectivity index (χ4n) is 3.75. The Kier molecular flexibility index (Phi) is 19.9. The van der Waals surface area contributed by atoms with Crippen LogP contribution in [-0.2, 0) is 14.3 Å². The fraction of sp³-hybridized carbons (Fsp3) is 0.920. The summed E-state index contributed by atoms with van der Waals surface area (Å²) in [6.45, 7) is 2.59. The molecule has 0 amide bonds. The van der Waals surface area contributed by atoms with E-state index in [2.05, 4.69) is 6.92 Å². The monoisotopic (exact) mass is 460 g/mol. The summed E-state index contributed by atoms with van der Waals surface area (Å²) >= 11 is 0. The summed E-state index contributed by atoms with van der Waals surface area (Å²) in [5.41, 5.74) is 0. The number of hydrogen-bond acceptors (Lipinski definition) is 7. The first-order chi connectivity index (χ1) is 15.3. The molecular weight excluding hydrogens is 412 g/mol. The number of ketones is 1. The molecule has 0 aromatic heterocycles. The predicted octanol–water partition coefficient (Wildman–Crippen LogP) is 3.82. The Labute approximate surface area is 194 Å². The van der Waals surface area contributed by atoms with Crippen LogP contribution in [0.5, 0.6) is 0 Å². The Morgan fingerprint density at radius 3 is 1.47 bits per heavy atom. The lowest BCUT2D eigenvalue weighted by atomic mass is 10.0. The SMILES string of the molecule is CCCCCCCCCCCCCCCCCC(=O)OC(C(C)=O)C(O)C(O)C(O)CO. The van der Waals surface area contributed by atoms with Gasteiger partial charge in [-0.2, -0.15) is 0 Å². The van der Waals surface area contributed by atoms with Gasteiger partial charge in [-0.15, -0.1) is 0 Å². The van der Waals surface area contributed by atoms with Crippen molar-refractivity contribution in [3.8, 4) is 0 Å². The first kappa shape index (κ1) is 31.0. The van der Waals surface area contributed by atoms with Crippen LogP contribution in [0.3, 0.4) is 0 Å². The van der Waals surface area contributed by atoms with E-state index in [0.717, 1.165) is 26.2 Å². The van der Waals surface area contributed by atoms with Crippen LogP contribution in [0.2, 0.25) is 0 Å². The van der Waals surface area contributed by atoms with Crippen LogP contribution < -0.4 is 0 Å². The molecule has 0 aromatic carbocycles. The van der Waals surface area contributed by atoms with Crippen LogP contribution in [0.4, 0.5) is 0 Å². The van der Waals surface area contributed by atoms with Crippen molar-refractivity contribution in [2.24, 2.45) is 0 Å². The molecule has 4 N–H and O–H groups in total. The van der Waals surface area contributed by atoms with Gasteiger partial charge in [-0.3, -0.25) is 9.59 Å². The zero-order chi connectivity index (χ0) is 24.2. The first-order valence-corrected chi connectivity index (χ1v) is 12.7. The number of aliphatic hydroxyl groups excluding tert-OH is 4. The maximum Gasteiger partial charge on any atom is 0.306 e. The molecule has 0 fully saturated rings.